The van der Waals surface area contributed by atoms with Crippen molar-refractivity contribution in [3.8, 4) is 0 Å². The van der Waals surface area contributed by atoms with Crippen molar-refractivity contribution in [1.82, 2.24) is 9.80 Å². The fourth-order valence-corrected chi connectivity index (χ4v) is 20.3. The highest BCUT2D eigenvalue weighted by molar-refractivity contribution is 5.89. The molecule has 14 rings (SSSR count). The third-order valence-corrected chi connectivity index (χ3v) is 27.2. The van der Waals surface area contributed by atoms with E-state index >= 15 is 0 Å². The summed E-state index contributed by atoms with van der Waals surface area (Å²) in [7, 11) is 6.96. The first-order valence-electron chi connectivity index (χ1n) is 48.5. The molecular weight excluding hydrogens is 1710 g/mol. The third-order valence-electron chi connectivity index (χ3n) is 27.2. The maximum absolute atomic E-state index is 14.2. The zero-order chi connectivity index (χ0) is 99.0. The molecule has 20 atom stereocenters. The van der Waals surface area contributed by atoms with Crippen molar-refractivity contribution in [1.29, 1.82) is 0 Å². The molecular formula is C112H152N8O16. The van der Waals surface area contributed by atoms with Crippen LogP contribution in [0.5, 0.6) is 0 Å². The number of oxime groups is 2. The van der Waals surface area contributed by atoms with Gasteiger partial charge in [-0.15, -0.1) is 0 Å². The summed E-state index contributed by atoms with van der Waals surface area (Å²) >= 11 is 0. The van der Waals surface area contributed by atoms with Crippen LogP contribution in [0.1, 0.15) is 206 Å². The Balaban J connectivity index is 0.000000184. The fourth-order valence-electron chi connectivity index (χ4n) is 20.3. The number of ether oxygens (including phenoxy) is 8. The summed E-state index contributed by atoms with van der Waals surface area (Å²) in [5, 5.41) is 55.2. The van der Waals surface area contributed by atoms with Gasteiger partial charge in [0, 0.05) is 64.5 Å². The van der Waals surface area contributed by atoms with E-state index in [9.17, 15) is 30.0 Å². The van der Waals surface area contributed by atoms with E-state index in [0.717, 1.165) is 58.2 Å². The predicted molar refractivity (Wildman–Crippen MR) is 543 cm³/mol. The van der Waals surface area contributed by atoms with E-state index in [1.807, 2.05) is 72.5 Å². The van der Waals surface area contributed by atoms with Gasteiger partial charge in [0.25, 0.3) is 0 Å². The number of allylic oxidation sites excluding steroid dienone is 10. The minimum absolute atomic E-state index is 0.0340. The van der Waals surface area contributed by atoms with Crippen molar-refractivity contribution < 1.29 is 77.6 Å². The van der Waals surface area contributed by atoms with Crippen LogP contribution in [-0.2, 0) is 57.2 Å². The molecule has 6 saturated heterocycles. The van der Waals surface area contributed by atoms with Crippen LogP contribution in [0.2, 0.25) is 0 Å². The van der Waals surface area contributed by atoms with E-state index in [-0.39, 0.29) is 61.3 Å². The molecule has 4 aromatic carbocycles. The zero-order valence-corrected chi connectivity index (χ0v) is 85.3. The number of benzene rings is 4. The Morgan fingerprint density at radius 2 is 0.801 bits per heavy atom. The smallest absolute Gasteiger partial charge is 0.316 e. The normalized spacial score (nSPS) is 33.8. The number of carbonyl (C=O) groups is 2. The number of aryl methyl sites for hydroxylation is 8. The number of carbonyl (C=O) groups excluding carboxylic acids is 2. The van der Waals surface area contributed by atoms with Crippen molar-refractivity contribution in [2.75, 3.05) is 41.5 Å². The molecule has 2 spiro atoms. The Labute approximate surface area is 808 Å². The van der Waals surface area contributed by atoms with Gasteiger partial charge in [0.15, 0.2) is 11.6 Å². The van der Waals surface area contributed by atoms with Crippen molar-refractivity contribution in [3.05, 3.63) is 235 Å². The number of fused-ring (bicyclic) bond motifs is 4. The Hall–Kier alpha value is -9.96. The van der Waals surface area contributed by atoms with E-state index in [4.69, 9.17) is 47.6 Å². The van der Waals surface area contributed by atoms with E-state index in [0.29, 0.717) is 85.5 Å². The molecule has 24 heteroatoms. The molecule has 8 aliphatic heterocycles. The van der Waals surface area contributed by atoms with E-state index in [1.165, 1.54) is 55.7 Å². The van der Waals surface area contributed by atoms with Gasteiger partial charge < -0.3 is 77.8 Å². The molecule has 0 radical (unpaired) electrons. The molecule has 0 aromatic heterocycles. The van der Waals surface area contributed by atoms with Gasteiger partial charge in [-0.2, -0.15) is 0 Å². The second kappa shape index (κ2) is 47.1. The van der Waals surface area contributed by atoms with Gasteiger partial charge >= 0.3 is 11.9 Å². The molecule has 8 heterocycles. The third kappa shape index (κ3) is 26.9. The summed E-state index contributed by atoms with van der Waals surface area (Å²) in [6, 6.07) is 25.0. The number of hydrogen-bond acceptors (Lipinski definition) is 22. The molecule has 0 saturated carbocycles. The molecule has 0 unspecified atom stereocenters. The van der Waals surface area contributed by atoms with Crippen molar-refractivity contribution >= 4 is 71.5 Å². The van der Waals surface area contributed by atoms with Crippen LogP contribution >= 0.6 is 0 Å². The summed E-state index contributed by atoms with van der Waals surface area (Å²) in [6.45, 7) is 45.8. The first-order chi connectivity index (χ1) is 64.4. The lowest BCUT2D eigenvalue weighted by atomic mass is 9.71. The fraction of sp³-hybridized carbons (Fsp3) is 0.536. The summed E-state index contributed by atoms with van der Waals surface area (Å²) in [5.74, 6) is -4.31. The average Bonchev–Trinajstić information content (AvgIpc) is 1.55. The highest BCUT2D eigenvalue weighted by Crippen LogP contribution is 2.51. The Morgan fingerprint density at radius 1 is 0.478 bits per heavy atom. The van der Waals surface area contributed by atoms with Gasteiger partial charge in [-0.1, -0.05) is 221 Å². The molecule has 4 aromatic rings. The largest absolute Gasteiger partial charge is 0.462 e. The minimum atomic E-state index is -1.74. The molecule has 4 N–H and O–H groups in total. The average molecular weight is 1870 g/mol. The van der Waals surface area contributed by atoms with Crippen LogP contribution in [0.15, 0.2) is 221 Å². The van der Waals surface area contributed by atoms with E-state index in [1.54, 1.807) is 65.6 Å². The highest BCUT2D eigenvalue weighted by atomic mass is 16.7. The lowest BCUT2D eigenvalue weighted by molar-refractivity contribution is -0.314. The van der Waals surface area contributed by atoms with Crippen LogP contribution in [0.4, 0.5) is 22.7 Å². The van der Waals surface area contributed by atoms with E-state index < -0.39 is 83.2 Å². The van der Waals surface area contributed by atoms with Crippen LogP contribution in [-0.4, -0.2) is 204 Å². The topological polar surface area (TPSA) is 288 Å². The van der Waals surface area contributed by atoms with Crippen LogP contribution in [0.3, 0.4) is 0 Å². The van der Waals surface area contributed by atoms with Gasteiger partial charge in [0.1, 0.15) is 73.9 Å². The maximum Gasteiger partial charge on any atom is 0.316 e. The van der Waals surface area contributed by atoms with Gasteiger partial charge in [-0.05, 0) is 226 Å². The molecule has 736 valence electrons. The Morgan fingerprint density at radius 3 is 1.10 bits per heavy atom. The van der Waals surface area contributed by atoms with Crippen LogP contribution < -0.4 is 0 Å². The standard InChI is InChI=1S/2C37H53NO8.2C19H23N3/c2*1-21(2)14-25(6)33-26(7)31(38-42-8)19-36(46-33)18-29-17-28(45-36)13-12-23(4)15-22(3)10-9-11-27-20-43-34-32(39)24(5)16-30(35(40)44-29)37(27,34)41;2*1-14-6-8-18(16(3)10-14)20-12-22(5)13-21-19-9-7-15(2)11-17(19)4/h2*9-12,14,16,21-22,26,28-30,32-34,39,41H,13,15,17-20H2,1-8H3;2*6-13H,1-5H3/b2*10-9+,23-12+,25-14+,27-11+,38-31-;2*20-12+,21-13+/t2*22-,26-,28+,29-,30-,32+,33+,34+,36-,37+;;/m00../s1. The summed E-state index contributed by atoms with van der Waals surface area (Å²) in [4.78, 5) is 60.6. The molecule has 6 fully saturated rings. The Kier molecular flexibility index (Phi) is 36.9. The van der Waals surface area contributed by atoms with Crippen molar-refractivity contribution in [2.45, 2.75) is 300 Å². The highest BCUT2D eigenvalue weighted by Gasteiger charge is 2.63. The molecule has 4 bridgehead atoms. The van der Waals surface area contributed by atoms with Gasteiger partial charge in [-0.25, -0.2) is 20.0 Å². The summed E-state index contributed by atoms with van der Waals surface area (Å²) in [5.41, 5.74) is 18.7. The van der Waals surface area contributed by atoms with Gasteiger partial charge in [0.05, 0.1) is 97.2 Å². The first kappa shape index (κ1) is 106. The number of hydrogen-bond donors (Lipinski definition) is 4. The number of esters is 2. The minimum Gasteiger partial charge on any atom is -0.462 e. The van der Waals surface area contributed by atoms with Crippen molar-refractivity contribution in [3.63, 3.8) is 0 Å². The molecule has 24 nitrogen and oxygen atoms in total. The van der Waals surface area contributed by atoms with Crippen LogP contribution in [0, 0.1) is 103 Å². The molecule has 2 aliphatic carbocycles. The second-order valence-electron chi connectivity index (χ2n) is 40.5. The molecule has 136 heavy (non-hydrogen) atoms. The monoisotopic (exact) mass is 1870 g/mol. The predicted octanol–water partition coefficient (Wildman–Crippen LogP) is 21.2. The number of aliphatic hydroxyl groups is 4. The Bertz CT molecular complexity index is 4960. The molecule has 0 amide bonds. The number of nitrogens with zero attached hydrogens (tertiary/aromatic N) is 8. The van der Waals surface area contributed by atoms with Crippen LogP contribution in [0.25, 0.3) is 0 Å². The van der Waals surface area contributed by atoms with Gasteiger partial charge in [-0.3, -0.25) is 9.59 Å². The first-order valence-corrected chi connectivity index (χ1v) is 48.5. The number of aliphatic imine (C=N–C) groups is 4. The lowest BCUT2D eigenvalue weighted by Gasteiger charge is -2.50. The summed E-state index contributed by atoms with van der Waals surface area (Å²) < 4.78 is 52.1. The van der Waals surface area contributed by atoms with Crippen molar-refractivity contribution in [2.24, 2.45) is 77.6 Å². The quantitative estimate of drug-likeness (QED) is 0.0300. The lowest BCUT2D eigenvalue weighted by Crippen LogP contribution is -2.59. The second-order valence-corrected chi connectivity index (χ2v) is 40.5. The SMILES string of the molecule is CO/N=C1/C[C@]2(C[C@@H]3C[C@@H](C/C=C(\C)C[C@@H](C)/C=C/C=C4\CO[C@@H]5[C@H](O)C(C)=C[C@@H](C(=O)O3)[C@]45O)O2)O[C@H](/C(C)=C/C(C)C)[C@H]1C.CO/N=C1/C[C@]2(C[C@@H]3C[C@@H](C/C=C(\C)C[C@@H](C)/C=C/C=C4\CO[C@@H]5[C@H](O)C(C)=C[C@@H](C(=O)O3)[C@]45O)O2)O[C@H](/C(C)=C/C(C)C)[C@H]1C.Cc1ccc(/N=C/N(C)/C=N/c2ccc(C)cc2C)c(C)c1.Cc1ccc(/N=C/N(C)/C=N/c2ccc(C)cc2C)c(C)c1. The summed E-state index contributed by atoms with van der Waals surface area (Å²) in [6.07, 6.45) is 30.0. The maximum atomic E-state index is 14.2. The number of rotatable bonds is 14. The zero-order valence-electron chi connectivity index (χ0n) is 85.3. The molecule has 10 aliphatic rings. The van der Waals surface area contributed by atoms with Gasteiger partial charge in [0.2, 0.25) is 0 Å². The number of aliphatic hydroxyl groups excluding tert-OH is 2. The van der Waals surface area contributed by atoms with E-state index in [2.05, 4.69) is 254 Å².